The molecule has 0 fully saturated rings. The summed E-state index contributed by atoms with van der Waals surface area (Å²) in [6.45, 7) is 5.38. The van der Waals surface area contributed by atoms with Crippen molar-refractivity contribution >= 4 is 17.5 Å². The summed E-state index contributed by atoms with van der Waals surface area (Å²) in [5.41, 5.74) is 1.84. The van der Waals surface area contributed by atoms with Crippen molar-refractivity contribution in [3.8, 4) is 11.5 Å². The first-order valence-electron chi connectivity index (χ1n) is 7.89. The van der Waals surface area contributed by atoms with Gasteiger partial charge in [0.15, 0.2) is 11.5 Å². The zero-order valence-electron chi connectivity index (χ0n) is 13.8. The van der Waals surface area contributed by atoms with Crippen molar-refractivity contribution in [1.82, 2.24) is 9.97 Å². The molecule has 3 rings (SSSR count). The van der Waals surface area contributed by atoms with Crippen molar-refractivity contribution in [2.75, 3.05) is 30.6 Å². The third-order valence-corrected chi connectivity index (χ3v) is 3.68. The zero-order chi connectivity index (χ0) is 16.2. The Balaban J connectivity index is 1.78. The summed E-state index contributed by atoms with van der Waals surface area (Å²) in [5, 5.41) is 3.31. The van der Waals surface area contributed by atoms with E-state index >= 15 is 0 Å². The Bertz CT molecular complexity index is 690. The van der Waals surface area contributed by atoms with E-state index in [2.05, 4.69) is 27.1 Å². The molecule has 23 heavy (non-hydrogen) atoms. The molecule has 0 bridgehead atoms. The van der Waals surface area contributed by atoms with E-state index in [-0.39, 0.29) is 6.79 Å². The van der Waals surface area contributed by atoms with Crippen LogP contribution in [0.4, 0.5) is 17.5 Å². The Morgan fingerprint density at radius 2 is 2.00 bits per heavy atom. The number of aromatic nitrogens is 2. The SMILES string of the molecule is CCCCN(C)c1nc(C)cc(Nc2ccc3c(c2)OCO3)n1. The molecule has 1 aromatic carbocycles. The maximum atomic E-state index is 5.40. The molecule has 2 aromatic rings. The quantitative estimate of drug-likeness (QED) is 0.880. The van der Waals surface area contributed by atoms with Gasteiger partial charge in [-0.1, -0.05) is 13.3 Å². The molecule has 0 atom stereocenters. The normalized spacial score (nSPS) is 12.3. The molecule has 2 heterocycles. The first-order chi connectivity index (χ1) is 11.2. The molecule has 0 amide bonds. The predicted octanol–water partition coefficient (Wildman–Crippen LogP) is 3.49. The lowest BCUT2D eigenvalue weighted by atomic mass is 10.2. The Kier molecular flexibility index (Phi) is 4.50. The number of hydrogen-bond donors (Lipinski definition) is 1. The largest absolute Gasteiger partial charge is 0.454 e. The van der Waals surface area contributed by atoms with Crippen molar-refractivity contribution in [2.45, 2.75) is 26.7 Å². The van der Waals surface area contributed by atoms with Gasteiger partial charge in [-0.15, -0.1) is 0 Å². The van der Waals surface area contributed by atoms with Gasteiger partial charge in [0.05, 0.1) is 0 Å². The Labute approximate surface area is 136 Å². The van der Waals surface area contributed by atoms with Crippen LogP contribution in [-0.4, -0.2) is 30.4 Å². The fraction of sp³-hybridized carbons (Fsp3) is 0.412. The highest BCUT2D eigenvalue weighted by molar-refractivity contribution is 5.62. The van der Waals surface area contributed by atoms with Crippen LogP contribution in [0, 0.1) is 6.92 Å². The van der Waals surface area contributed by atoms with Gasteiger partial charge in [0.1, 0.15) is 5.82 Å². The maximum absolute atomic E-state index is 5.40. The van der Waals surface area contributed by atoms with Crippen molar-refractivity contribution in [3.63, 3.8) is 0 Å². The Hall–Kier alpha value is -2.50. The molecule has 0 spiro atoms. The van der Waals surface area contributed by atoms with Crippen molar-refractivity contribution < 1.29 is 9.47 Å². The summed E-state index contributed by atoms with van der Waals surface area (Å²) in [7, 11) is 2.02. The summed E-state index contributed by atoms with van der Waals surface area (Å²) in [6, 6.07) is 7.69. The molecule has 1 aliphatic rings. The summed E-state index contributed by atoms with van der Waals surface area (Å²) >= 11 is 0. The van der Waals surface area contributed by atoms with Gasteiger partial charge in [-0.25, -0.2) is 4.98 Å². The highest BCUT2D eigenvalue weighted by Crippen LogP contribution is 2.35. The third-order valence-electron chi connectivity index (χ3n) is 3.68. The van der Waals surface area contributed by atoms with Crippen molar-refractivity contribution in [1.29, 1.82) is 0 Å². The number of anilines is 3. The molecular weight excluding hydrogens is 292 g/mol. The molecule has 0 aliphatic carbocycles. The number of nitrogens with zero attached hydrogens (tertiary/aromatic N) is 3. The van der Waals surface area contributed by atoms with Crippen molar-refractivity contribution in [3.05, 3.63) is 30.0 Å². The number of aryl methyl sites for hydroxylation is 1. The van der Waals surface area contributed by atoms with Gasteiger partial charge < -0.3 is 19.7 Å². The summed E-state index contributed by atoms with van der Waals surface area (Å²) in [4.78, 5) is 11.2. The van der Waals surface area contributed by atoms with Gasteiger partial charge in [0, 0.05) is 37.1 Å². The lowest BCUT2D eigenvalue weighted by Gasteiger charge is -2.18. The minimum Gasteiger partial charge on any atom is -0.454 e. The first-order valence-corrected chi connectivity index (χ1v) is 7.89. The second kappa shape index (κ2) is 6.73. The number of rotatable bonds is 6. The van der Waals surface area contributed by atoms with Gasteiger partial charge in [-0.3, -0.25) is 0 Å². The molecular formula is C17H22N4O2. The average molecular weight is 314 g/mol. The molecule has 1 N–H and O–H groups in total. The Morgan fingerprint density at radius 1 is 1.17 bits per heavy atom. The summed E-state index contributed by atoms with van der Waals surface area (Å²) in [5.74, 6) is 3.03. The van der Waals surface area contributed by atoms with Crippen LogP contribution in [0.1, 0.15) is 25.5 Å². The Morgan fingerprint density at radius 3 is 2.83 bits per heavy atom. The van der Waals surface area contributed by atoms with Crippen molar-refractivity contribution in [2.24, 2.45) is 0 Å². The number of nitrogens with one attached hydrogen (secondary N) is 1. The second-order valence-electron chi connectivity index (χ2n) is 5.66. The lowest BCUT2D eigenvalue weighted by molar-refractivity contribution is 0.174. The van der Waals surface area contributed by atoms with E-state index < -0.39 is 0 Å². The van der Waals surface area contributed by atoms with Crippen LogP contribution in [0.25, 0.3) is 0 Å². The fourth-order valence-corrected chi connectivity index (χ4v) is 2.41. The van der Waals surface area contributed by atoms with Crippen LogP contribution in [0.15, 0.2) is 24.3 Å². The molecule has 122 valence electrons. The van der Waals surface area contributed by atoms with E-state index in [4.69, 9.17) is 9.47 Å². The zero-order valence-corrected chi connectivity index (χ0v) is 13.8. The van der Waals surface area contributed by atoms with Crippen LogP contribution in [0.2, 0.25) is 0 Å². The molecule has 0 unspecified atom stereocenters. The van der Waals surface area contributed by atoms with Gasteiger partial charge in [-0.05, 0) is 25.5 Å². The molecule has 0 saturated carbocycles. The van der Waals surface area contributed by atoms with E-state index in [0.29, 0.717) is 0 Å². The molecule has 0 saturated heterocycles. The molecule has 1 aromatic heterocycles. The minimum atomic E-state index is 0.276. The minimum absolute atomic E-state index is 0.276. The smallest absolute Gasteiger partial charge is 0.231 e. The third kappa shape index (κ3) is 3.64. The highest BCUT2D eigenvalue weighted by atomic mass is 16.7. The van der Waals surface area contributed by atoms with E-state index in [1.165, 1.54) is 0 Å². The standard InChI is InChI=1S/C17H22N4O2/c1-4-5-8-21(3)17-18-12(2)9-16(20-17)19-13-6-7-14-15(10-13)23-11-22-14/h6-7,9-10H,4-5,8,11H2,1-3H3,(H,18,19,20). The number of benzene rings is 1. The summed E-state index contributed by atoms with van der Waals surface area (Å²) < 4.78 is 10.7. The van der Waals surface area contributed by atoms with Gasteiger partial charge in [-0.2, -0.15) is 4.98 Å². The topological polar surface area (TPSA) is 59.5 Å². The molecule has 6 heteroatoms. The average Bonchev–Trinajstić information content (AvgIpc) is 2.99. The van der Waals surface area contributed by atoms with Crippen LogP contribution >= 0.6 is 0 Å². The second-order valence-corrected chi connectivity index (χ2v) is 5.66. The number of unbranched alkanes of at least 4 members (excludes halogenated alkanes) is 1. The molecule has 6 nitrogen and oxygen atoms in total. The number of hydrogen-bond acceptors (Lipinski definition) is 6. The maximum Gasteiger partial charge on any atom is 0.231 e. The first kappa shape index (κ1) is 15.4. The predicted molar refractivity (Wildman–Crippen MR) is 90.8 cm³/mol. The van der Waals surface area contributed by atoms with Gasteiger partial charge in [0.25, 0.3) is 0 Å². The van der Waals surface area contributed by atoms with E-state index in [0.717, 1.165) is 54.0 Å². The highest BCUT2D eigenvalue weighted by Gasteiger charge is 2.14. The van der Waals surface area contributed by atoms with E-state index in [9.17, 15) is 0 Å². The molecule has 0 radical (unpaired) electrons. The lowest BCUT2D eigenvalue weighted by Crippen LogP contribution is -2.21. The van der Waals surface area contributed by atoms with Crippen LogP contribution in [-0.2, 0) is 0 Å². The van der Waals surface area contributed by atoms with Crippen LogP contribution < -0.4 is 19.7 Å². The number of fused-ring (bicyclic) bond motifs is 1. The number of ether oxygens (including phenoxy) is 2. The van der Waals surface area contributed by atoms with Crippen LogP contribution in [0.3, 0.4) is 0 Å². The summed E-state index contributed by atoms with van der Waals surface area (Å²) in [6.07, 6.45) is 2.27. The van der Waals surface area contributed by atoms with Crippen LogP contribution in [0.5, 0.6) is 11.5 Å². The molecule has 1 aliphatic heterocycles. The van der Waals surface area contributed by atoms with Gasteiger partial charge >= 0.3 is 0 Å². The fourth-order valence-electron chi connectivity index (χ4n) is 2.41. The van der Waals surface area contributed by atoms with E-state index in [1.807, 2.05) is 38.2 Å². The monoisotopic (exact) mass is 314 g/mol. The van der Waals surface area contributed by atoms with E-state index in [1.54, 1.807) is 0 Å². The van der Waals surface area contributed by atoms with Gasteiger partial charge in [0.2, 0.25) is 12.7 Å².